The Morgan fingerprint density at radius 2 is 1.69 bits per heavy atom. The zero-order valence-corrected chi connectivity index (χ0v) is 18.3. The minimum Gasteiger partial charge on any atom is -0.450 e. The van der Waals surface area contributed by atoms with Crippen molar-refractivity contribution >= 4 is 0 Å². The number of hydrogen-bond acceptors (Lipinski definition) is 4. The van der Waals surface area contributed by atoms with Gasteiger partial charge in [-0.15, -0.1) is 0 Å². The highest BCUT2D eigenvalue weighted by atomic mass is 19.4. The molecule has 1 saturated heterocycles. The molecule has 1 aromatic carbocycles. The van der Waals surface area contributed by atoms with E-state index in [1.165, 1.54) is 6.07 Å². The maximum Gasteiger partial charge on any atom is 0.421 e. The van der Waals surface area contributed by atoms with Gasteiger partial charge in [0.05, 0.1) is 6.61 Å². The molecule has 11 heteroatoms. The maximum atomic E-state index is 15.1. The van der Waals surface area contributed by atoms with Crippen LogP contribution in [-0.2, 0) is 16.3 Å². The number of alkyl halides is 5. The lowest BCUT2D eigenvalue weighted by Gasteiger charge is -2.24. The molecule has 186 valence electrons. The molecule has 35 heavy (non-hydrogen) atoms. The summed E-state index contributed by atoms with van der Waals surface area (Å²) < 4.78 is 105. The Bertz CT molecular complexity index is 1240. The van der Waals surface area contributed by atoms with E-state index >= 15 is 8.78 Å². The van der Waals surface area contributed by atoms with Crippen LogP contribution in [0.5, 0.6) is 0 Å². The van der Waals surface area contributed by atoms with Crippen LogP contribution in [0.25, 0.3) is 0 Å². The Morgan fingerprint density at radius 1 is 1.00 bits per heavy atom. The molecule has 0 aliphatic carbocycles. The summed E-state index contributed by atoms with van der Waals surface area (Å²) in [5, 5.41) is 9.15. The van der Waals surface area contributed by atoms with Crippen LogP contribution in [0.15, 0.2) is 53.1 Å². The van der Waals surface area contributed by atoms with E-state index in [0.29, 0.717) is 6.07 Å². The van der Waals surface area contributed by atoms with Crippen molar-refractivity contribution < 1.29 is 45.0 Å². The third kappa shape index (κ3) is 5.18. The number of epoxide rings is 1. The van der Waals surface area contributed by atoms with Crippen molar-refractivity contribution in [3.63, 3.8) is 0 Å². The van der Waals surface area contributed by atoms with E-state index in [4.69, 9.17) is 14.3 Å². The molecule has 2 atom stereocenters. The van der Waals surface area contributed by atoms with E-state index < -0.39 is 59.1 Å². The smallest absolute Gasteiger partial charge is 0.421 e. The summed E-state index contributed by atoms with van der Waals surface area (Å²) in [6.45, 7) is 3.50. The van der Waals surface area contributed by atoms with Crippen molar-refractivity contribution in [2.24, 2.45) is 0 Å². The first-order valence-electron chi connectivity index (χ1n) is 10.2. The molecule has 0 saturated carbocycles. The Balaban J connectivity index is 0.00000167. The van der Waals surface area contributed by atoms with Gasteiger partial charge in [-0.2, -0.15) is 22.0 Å². The van der Waals surface area contributed by atoms with Gasteiger partial charge < -0.3 is 14.3 Å². The predicted molar refractivity (Wildman–Crippen MR) is 109 cm³/mol. The van der Waals surface area contributed by atoms with Crippen LogP contribution in [0, 0.1) is 23.5 Å². The number of pyridine rings is 1. The number of benzene rings is 1. The molecule has 1 aliphatic rings. The average Bonchev–Trinajstić information content (AvgIpc) is 3.50. The lowest BCUT2D eigenvalue weighted by Crippen LogP contribution is -2.34. The molecule has 1 aliphatic heterocycles. The van der Waals surface area contributed by atoms with Gasteiger partial charge in [-0.25, -0.2) is 8.78 Å². The molecule has 0 radical (unpaired) electrons. The van der Waals surface area contributed by atoms with Gasteiger partial charge >= 0.3 is 12.1 Å². The summed E-state index contributed by atoms with van der Waals surface area (Å²) in [7, 11) is 0. The summed E-state index contributed by atoms with van der Waals surface area (Å²) in [4.78, 5) is 3.66. The van der Waals surface area contributed by atoms with Gasteiger partial charge in [0.2, 0.25) is 6.10 Å². The summed E-state index contributed by atoms with van der Waals surface area (Å²) in [6, 6.07) is 6.35. The van der Waals surface area contributed by atoms with Gasteiger partial charge in [0, 0.05) is 23.4 Å². The van der Waals surface area contributed by atoms with Crippen LogP contribution >= 0.6 is 0 Å². The molecule has 1 fully saturated rings. The monoisotopic (exact) mass is 501 g/mol. The molecule has 4 nitrogen and oxygen atoms in total. The van der Waals surface area contributed by atoms with E-state index in [2.05, 4.69) is 16.8 Å². The summed E-state index contributed by atoms with van der Waals surface area (Å²) in [5.41, 5.74) is -3.45. The zero-order chi connectivity index (χ0) is 26.0. The van der Waals surface area contributed by atoms with E-state index in [1.54, 1.807) is 0 Å². The van der Waals surface area contributed by atoms with E-state index in [9.17, 15) is 22.0 Å². The van der Waals surface area contributed by atoms with Crippen LogP contribution < -0.4 is 0 Å². The second kappa shape index (κ2) is 9.71. The number of hydrogen-bond donors (Lipinski definition) is 1. The first kappa shape index (κ1) is 26.2. The number of aromatic nitrogens is 1. The Kier molecular flexibility index (Phi) is 7.29. The van der Waals surface area contributed by atoms with Gasteiger partial charge in [0.25, 0.3) is 0 Å². The predicted octanol–water partition coefficient (Wildman–Crippen LogP) is 5.99. The molecule has 0 amide bonds. The number of nitrogens with zero attached hydrogens (tertiary/aromatic N) is 1. The van der Waals surface area contributed by atoms with Crippen molar-refractivity contribution in [3.05, 3.63) is 88.6 Å². The van der Waals surface area contributed by atoms with Gasteiger partial charge in [-0.1, -0.05) is 19.8 Å². The number of ether oxygens (including phenoxy) is 1. The minimum atomic E-state index is -4.91. The lowest BCUT2D eigenvalue weighted by atomic mass is 9.90. The van der Waals surface area contributed by atoms with E-state index in [1.807, 2.05) is 13.8 Å². The fourth-order valence-corrected chi connectivity index (χ4v) is 3.12. The Labute approximate surface area is 195 Å². The molecule has 4 rings (SSSR count). The quantitative estimate of drug-likeness (QED) is 0.271. The molecule has 0 bridgehead atoms. The minimum absolute atomic E-state index is 0.127. The normalized spacial score (nSPS) is 18.1. The fraction of sp³-hybridized carbons (Fsp3) is 0.292. The highest BCUT2D eigenvalue weighted by Gasteiger charge is 2.68. The Morgan fingerprint density at radius 3 is 2.23 bits per heavy atom. The van der Waals surface area contributed by atoms with Crippen LogP contribution in [0.1, 0.15) is 48.3 Å². The molecule has 2 aromatic heterocycles. The number of aliphatic hydroxyl groups is 1. The number of furan rings is 1. The summed E-state index contributed by atoms with van der Waals surface area (Å²) >= 11 is 0. The largest absolute Gasteiger partial charge is 0.450 e. The number of rotatable bonds is 4. The average molecular weight is 501 g/mol. The molecule has 3 heterocycles. The SMILES string of the molecule is CC.OC(c1ccc(C#Cc2ccc(C(F)(F)C3(c4ccc(F)cc4F)CO3)nc2)o1)C(F)(F)F. The summed E-state index contributed by atoms with van der Waals surface area (Å²) in [5.74, 6) is -1.93. The van der Waals surface area contributed by atoms with E-state index in [-0.39, 0.29) is 11.3 Å². The Hall–Kier alpha value is -3.36. The van der Waals surface area contributed by atoms with E-state index in [0.717, 1.165) is 36.5 Å². The first-order valence-corrected chi connectivity index (χ1v) is 10.2. The first-order chi connectivity index (χ1) is 16.4. The van der Waals surface area contributed by atoms with Crippen molar-refractivity contribution in [3.8, 4) is 11.8 Å². The number of aliphatic hydroxyl groups excluding tert-OH is 1. The lowest BCUT2D eigenvalue weighted by molar-refractivity contribution is -0.211. The van der Waals surface area contributed by atoms with Crippen LogP contribution in [0.2, 0.25) is 0 Å². The number of halogens is 7. The van der Waals surface area contributed by atoms with Crippen molar-refractivity contribution in [2.45, 2.75) is 37.7 Å². The van der Waals surface area contributed by atoms with Gasteiger partial charge in [-0.3, -0.25) is 4.98 Å². The van der Waals surface area contributed by atoms with Crippen molar-refractivity contribution in [1.82, 2.24) is 4.98 Å². The molecule has 1 N–H and O–H groups in total. The molecular formula is C24H18F7NO3. The highest BCUT2D eigenvalue weighted by molar-refractivity contribution is 5.40. The fourth-order valence-electron chi connectivity index (χ4n) is 3.12. The second-order valence-electron chi connectivity index (χ2n) is 7.14. The van der Waals surface area contributed by atoms with Crippen molar-refractivity contribution in [2.75, 3.05) is 6.61 Å². The third-order valence-corrected chi connectivity index (χ3v) is 4.93. The van der Waals surface area contributed by atoms with Gasteiger partial charge in [0.1, 0.15) is 23.1 Å². The third-order valence-electron chi connectivity index (χ3n) is 4.93. The zero-order valence-electron chi connectivity index (χ0n) is 18.3. The van der Waals surface area contributed by atoms with Crippen LogP contribution in [0.4, 0.5) is 30.7 Å². The molecule has 0 spiro atoms. The van der Waals surface area contributed by atoms with Gasteiger partial charge in [0.15, 0.2) is 11.4 Å². The standard InChI is InChI=1S/C22H12F7NO3.C2H6/c23-13-3-6-15(16(24)9-13)20(11-32-20)21(25,26)18-8-2-12(10-30-18)1-4-14-5-7-17(33-14)19(31)22(27,28)29;1-2/h2-3,5-10,19,31H,11H2;1-2H3. The summed E-state index contributed by atoms with van der Waals surface area (Å²) in [6.07, 6.45) is -6.73. The molecular weight excluding hydrogens is 483 g/mol. The highest BCUT2D eigenvalue weighted by Crippen LogP contribution is 2.56. The van der Waals surface area contributed by atoms with Crippen molar-refractivity contribution in [1.29, 1.82) is 0 Å². The molecule has 3 aromatic rings. The molecule has 2 unspecified atom stereocenters. The maximum absolute atomic E-state index is 15.1. The topological polar surface area (TPSA) is 58.8 Å². The van der Waals surface area contributed by atoms with Gasteiger partial charge in [-0.05, 0) is 42.3 Å². The van der Waals surface area contributed by atoms with Crippen LogP contribution in [-0.4, -0.2) is 22.9 Å². The second-order valence-corrected chi connectivity index (χ2v) is 7.14. The van der Waals surface area contributed by atoms with Crippen LogP contribution in [0.3, 0.4) is 0 Å².